The van der Waals surface area contributed by atoms with E-state index in [0.717, 1.165) is 18.5 Å². The van der Waals surface area contributed by atoms with Gasteiger partial charge in [0.1, 0.15) is 5.82 Å². The van der Waals surface area contributed by atoms with Crippen LogP contribution in [0.25, 0.3) is 0 Å². The van der Waals surface area contributed by atoms with Crippen LogP contribution in [-0.4, -0.2) is 49.4 Å². The molecule has 0 radical (unpaired) electrons. The largest absolute Gasteiger partial charge is 0.339 e. The maximum Gasteiger partial charge on any atom is 0.259 e. The Balaban J connectivity index is 1.37. The first-order valence-corrected chi connectivity index (χ1v) is 10.3. The molecule has 1 aliphatic rings. The van der Waals surface area contributed by atoms with Gasteiger partial charge in [0.25, 0.3) is 11.8 Å². The monoisotopic (exact) mass is 424 g/mol. The van der Waals surface area contributed by atoms with Crippen molar-refractivity contribution in [2.24, 2.45) is 20.0 Å². The molecular weight excluding hydrogens is 399 g/mol. The van der Waals surface area contributed by atoms with Crippen LogP contribution >= 0.6 is 0 Å². The summed E-state index contributed by atoms with van der Waals surface area (Å²) in [5, 5.41) is 11.4. The molecule has 0 bridgehead atoms. The summed E-state index contributed by atoms with van der Waals surface area (Å²) >= 11 is 0. The van der Waals surface area contributed by atoms with Crippen LogP contribution in [0.4, 0.5) is 10.1 Å². The van der Waals surface area contributed by atoms with E-state index >= 15 is 0 Å². The van der Waals surface area contributed by atoms with Crippen molar-refractivity contribution in [2.75, 3.05) is 18.4 Å². The zero-order chi connectivity index (χ0) is 22.0. The highest BCUT2D eigenvalue weighted by atomic mass is 19.1. The van der Waals surface area contributed by atoms with Gasteiger partial charge in [-0.1, -0.05) is 0 Å². The quantitative estimate of drug-likeness (QED) is 0.682. The standard InChI is InChI=1S/C22H25FN6O2/c1-27-13-16(12-24-27)22(31)29-9-7-15(8-10-29)11-20-19(14-28(2)26-20)21(30)25-18-5-3-17(23)4-6-18/h3-6,12-15H,7-11H2,1-2H3,(H,25,30). The number of aromatic nitrogens is 4. The number of carbonyl (C=O) groups excluding carboxylic acids is 2. The second-order valence-electron chi connectivity index (χ2n) is 7.97. The maximum absolute atomic E-state index is 13.1. The van der Waals surface area contributed by atoms with E-state index in [1.807, 2.05) is 4.90 Å². The molecule has 162 valence electrons. The molecule has 0 atom stereocenters. The summed E-state index contributed by atoms with van der Waals surface area (Å²) in [5.74, 6) is -0.277. The number of rotatable bonds is 5. The molecule has 2 amide bonds. The second kappa shape index (κ2) is 8.71. The van der Waals surface area contributed by atoms with Gasteiger partial charge in [0.2, 0.25) is 0 Å². The number of likely N-dealkylation sites (tertiary alicyclic amines) is 1. The number of piperidine rings is 1. The molecule has 1 N–H and O–H groups in total. The minimum absolute atomic E-state index is 0.00347. The number of benzene rings is 1. The summed E-state index contributed by atoms with van der Waals surface area (Å²) < 4.78 is 16.4. The lowest BCUT2D eigenvalue weighted by molar-refractivity contribution is 0.0690. The number of nitrogens with zero attached hydrogens (tertiary/aromatic N) is 5. The van der Waals surface area contributed by atoms with Gasteiger partial charge in [0, 0.05) is 45.3 Å². The third-order valence-corrected chi connectivity index (χ3v) is 5.59. The molecule has 1 aromatic carbocycles. The Hall–Kier alpha value is -3.49. The van der Waals surface area contributed by atoms with Crippen LogP contribution in [0.5, 0.6) is 0 Å². The van der Waals surface area contributed by atoms with Crippen molar-refractivity contribution in [3.63, 3.8) is 0 Å². The Kier molecular flexibility index (Phi) is 5.83. The van der Waals surface area contributed by atoms with E-state index in [9.17, 15) is 14.0 Å². The minimum Gasteiger partial charge on any atom is -0.339 e. The predicted molar refractivity (Wildman–Crippen MR) is 113 cm³/mol. The number of carbonyl (C=O) groups is 2. The summed E-state index contributed by atoms with van der Waals surface area (Å²) in [6.45, 7) is 1.34. The van der Waals surface area contributed by atoms with Gasteiger partial charge < -0.3 is 10.2 Å². The predicted octanol–water partition coefficient (Wildman–Crippen LogP) is 2.64. The third kappa shape index (κ3) is 4.82. The van der Waals surface area contributed by atoms with Crippen molar-refractivity contribution in [1.29, 1.82) is 0 Å². The molecular formula is C22H25FN6O2. The maximum atomic E-state index is 13.1. The van der Waals surface area contributed by atoms with Gasteiger partial charge in [-0.2, -0.15) is 10.2 Å². The molecule has 0 unspecified atom stereocenters. The Bertz CT molecular complexity index is 1080. The molecule has 1 aliphatic heterocycles. The Morgan fingerprint density at radius 2 is 1.81 bits per heavy atom. The van der Waals surface area contributed by atoms with Crippen molar-refractivity contribution in [3.8, 4) is 0 Å². The first-order valence-electron chi connectivity index (χ1n) is 10.3. The fourth-order valence-electron chi connectivity index (χ4n) is 3.93. The highest BCUT2D eigenvalue weighted by Crippen LogP contribution is 2.24. The normalized spacial score (nSPS) is 14.6. The topological polar surface area (TPSA) is 85.0 Å². The zero-order valence-electron chi connectivity index (χ0n) is 17.6. The SMILES string of the molecule is Cn1cc(C(=O)N2CCC(Cc3nn(C)cc3C(=O)Nc3ccc(F)cc3)CC2)cn1. The lowest BCUT2D eigenvalue weighted by Gasteiger charge is -2.31. The van der Waals surface area contributed by atoms with Gasteiger partial charge in [-0.05, 0) is 49.4 Å². The summed E-state index contributed by atoms with van der Waals surface area (Å²) in [6, 6.07) is 5.66. The number of anilines is 1. The first-order chi connectivity index (χ1) is 14.9. The number of nitrogens with one attached hydrogen (secondary N) is 1. The van der Waals surface area contributed by atoms with Gasteiger partial charge >= 0.3 is 0 Å². The van der Waals surface area contributed by atoms with E-state index in [0.29, 0.717) is 42.2 Å². The van der Waals surface area contributed by atoms with Gasteiger partial charge in [0.05, 0.1) is 23.0 Å². The van der Waals surface area contributed by atoms with E-state index in [-0.39, 0.29) is 17.6 Å². The molecule has 3 heterocycles. The summed E-state index contributed by atoms with van der Waals surface area (Å²) in [6.07, 6.45) is 7.39. The second-order valence-corrected chi connectivity index (χ2v) is 7.97. The van der Waals surface area contributed by atoms with E-state index in [4.69, 9.17) is 0 Å². The third-order valence-electron chi connectivity index (χ3n) is 5.59. The molecule has 1 fully saturated rings. The van der Waals surface area contributed by atoms with E-state index in [1.165, 1.54) is 24.3 Å². The van der Waals surface area contributed by atoms with Crippen LogP contribution in [0.1, 0.15) is 39.3 Å². The summed E-state index contributed by atoms with van der Waals surface area (Å²) in [5.41, 5.74) is 2.38. The molecule has 1 saturated heterocycles. The van der Waals surface area contributed by atoms with Crippen LogP contribution in [0.2, 0.25) is 0 Å². The molecule has 4 rings (SSSR count). The average Bonchev–Trinajstić information content (AvgIpc) is 3.35. The molecule has 0 spiro atoms. The van der Waals surface area contributed by atoms with E-state index < -0.39 is 0 Å². The van der Waals surface area contributed by atoms with Gasteiger partial charge in [0.15, 0.2) is 0 Å². The number of halogens is 1. The van der Waals surface area contributed by atoms with Gasteiger partial charge in [-0.25, -0.2) is 4.39 Å². The first kappa shape index (κ1) is 20.8. The van der Waals surface area contributed by atoms with Crippen LogP contribution in [0, 0.1) is 11.7 Å². The van der Waals surface area contributed by atoms with Crippen molar-refractivity contribution in [1.82, 2.24) is 24.5 Å². The zero-order valence-corrected chi connectivity index (χ0v) is 17.6. The molecule has 3 aromatic rings. The van der Waals surface area contributed by atoms with Gasteiger partial charge in [-0.3, -0.25) is 19.0 Å². The van der Waals surface area contributed by atoms with E-state index in [1.54, 1.807) is 42.0 Å². The fourth-order valence-corrected chi connectivity index (χ4v) is 3.93. The van der Waals surface area contributed by atoms with Crippen molar-refractivity contribution < 1.29 is 14.0 Å². The molecule has 31 heavy (non-hydrogen) atoms. The molecule has 8 nitrogen and oxygen atoms in total. The van der Waals surface area contributed by atoms with Crippen LogP contribution in [0.3, 0.4) is 0 Å². The summed E-state index contributed by atoms with van der Waals surface area (Å²) in [4.78, 5) is 27.2. The molecule has 0 saturated carbocycles. The van der Waals surface area contributed by atoms with Crippen LogP contribution in [-0.2, 0) is 20.5 Å². The molecule has 0 aliphatic carbocycles. The highest BCUT2D eigenvalue weighted by Gasteiger charge is 2.26. The Morgan fingerprint density at radius 1 is 1.10 bits per heavy atom. The number of hydrogen-bond donors (Lipinski definition) is 1. The highest BCUT2D eigenvalue weighted by molar-refractivity contribution is 6.04. The average molecular weight is 424 g/mol. The van der Waals surface area contributed by atoms with Gasteiger partial charge in [-0.15, -0.1) is 0 Å². The molecule has 9 heteroatoms. The van der Waals surface area contributed by atoms with Crippen molar-refractivity contribution in [2.45, 2.75) is 19.3 Å². The smallest absolute Gasteiger partial charge is 0.259 e. The summed E-state index contributed by atoms with van der Waals surface area (Å²) in [7, 11) is 3.58. The Morgan fingerprint density at radius 3 is 2.45 bits per heavy atom. The number of amides is 2. The minimum atomic E-state index is -0.353. The number of aryl methyl sites for hydroxylation is 2. The lowest BCUT2D eigenvalue weighted by atomic mass is 9.91. The lowest BCUT2D eigenvalue weighted by Crippen LogP contribution is -2.38. The van der Waals surface area contributed by atoms with Crippen LogP contribution in [0.15, 0.2) is 42.9 Å². The number of hydrogen-bond acceptors (Lipinski definition) is 4. The Labute approximate surface area is 179 Å². The van der Waals surface area contributed by atoms with Crippen molar-refractivity contribution in [3.05, 3.63) is 65.5 Å². The molecule has 2 aromatic heterocycles. The van der Waals surface area contributed by atoms with E-state index in [2.05, 4.69) is 15.5 Å². The van der Waals surface area contributed by atoms with Crippen molar-refractivity contribution >= 4 is 17.5 Å². The fraction of sp³-hybridized carbons (Fsp3) is 0.364. The van der Waals surface area contributed by atoms with Crippen LogP contribution < -0.4 is 5.32 Å².